The van der Waals surface area contributed by atoms with Crippen LogP contribution in [0.25, 0.3) is 4.96 Å². The lowest BCUT2D eigenvalue weighted by atomic mass is 10.1. The summed E-state index contributed by atoms with van der Waals surface area (Å²) in [6.07, 6.45) is 1.35. The molecule has 3 aromatic rings. The topological polar surface area (TPSA) is 81.3 Å². The number of carbonyl (C=O) groups excluding carboxylic acids is 1. The van der Waals surface area contributed by atoms with Gasteiger partial charge in [0.2, 0.25) is 0 Å². The van der Waals surface area contributed by atoms with Crippen LogP contribution in [0.5, 0.6) is 0 Å². The SMILES string of the molecule is CCn1nc(C)c(C(C)NC(=O)c2cnc3scc(C)n3c2=O)c1C. The van der Waals surface area contributed by atoms with Crippen LogP contribution in [0.15, 0.2) is 16.4 Å². The number of nitrogens with one attached hydrogen (secondary N) is 1. The molecule has 3 aromatic heterocycles. The van der Waals surface area contributed by atoms with Gasteiger partial charge in [-0.3, -0.25) is 18.7 Å². The highest BCUT2D eigenvalue weighted by atomic mass is 32.1. The number of rotatable bonds is 4. The Morgan fingerprint density at radius 3 is 2.72 bits per heavy atom. The fraction of sp³-hybridized carbons (Fsp3) is 0.412. The Morgan fingerprint density at radius 1 is 1.36 bits per heavy atom. The van der Waals surface area contributed by atoms with Gasteiger partial charge in [0.25, 0.3) is 11.5 Å². The van der Waals surface area contributed by atoms with Gasteiger partial charge in [-0.1, -0.05) is 0 Å². The molecule has 0 aliphatic heterocycles. The van der Waals surface area contributed by atoms with Gasteiger partial charge in [0, 0.05) is 35.1 Å². The van der Waals surface area contributed by atoms with E-state index in [1.807, 2.05) is 44.7 Å². The van der Waals surface area contributed by atoms with Crippen LogP contribution in [0.3, 0.4) is 0 Å². The maximum atomic E-state index is 12.6. The number of aryl methyl sites for hydroxylation is 3. The van der Waals surface area contributed by atoms with Crippen molar-refractivity contribution in [2.75, 3.05) is 0 Å². The first-order valence-electron chi connectivity index (χ1n) is 8.15. The summed E-state index contributed by atoms with van der Waals surface area (Å²) in [5.74, 6) is -0.423. The van der Waals surface area contributed by atoms with Gasteiger partial charge in [0.1, 0.15) is 5.56 Å². The Balaban J connectivity index is 1.93. The average Bonchev–Trinajstić information content (AvgIpc) is 3.07. The number of amides is 1. The monoisotopic (exact) mass is 359 g/mol. The summed E-state index contributed by atoms with van der Waals surface area (Å²) in [4.78, 5) is 30.1. The van der Waals surface area contributed by atoms with E-state index in [4.69, 9.17) is 0 Å². The van der Waals surface area contributed by atoms with Crippen LogP contribution < -0.4 is 10.9 Å². The fourth-order valence-electron chi connectivity index (χ4n) is 3.17. The van der Waals surface area contributed by atoms with Crippen molar-refractivity contribution in [1.82, 2.24) is 24.5 Å². The van der Waals surface area contributed by atoms with Gasteiger partial charge in [0.15, 0.2) is 4.96 Å². The molecule has 0 aliphatic carbocycles. The number of hydrogen-bond acceptors (Lipinski definition) is 5. The Bertz CT molecular complexity index is 1010. The number of aromatic nitrogens is 4. The molecule has 0 saturated heterocycles. The molecule has 1 amide bonds. The van der Waals surface area contributed by atoms with Crippen molar-refractivity contribution < 1.29 is 4.79 Å². The molecule has 7 nitrogen and oxygen atoms in total. The highest BCUT2D eigenvalue weighted by Gasteiger charge is 2.21. The molecule has 8 heteroatoms. The van der Waals surface area contributed by atoms with Gasteiger partial charge in [-0.05, 0) is 34.6 Å². The lowest BCUT2D eigenvalue weighted by molar-refractivity contribution is 0.0937. The molecule has 1 N–H and O–H groups in total. The standard InChI is InChI=1S/C17H21N5O2S/c1-6-21-12(5)14(11(4)20-21)10(3)19-15(23)13-7-18-17-22(16(13)24)9(2)8-25-17/h7-8,10H,6H2,1-5H3,(H,19,23). The number of carbonyl (C=O) groups is 1. The van der Waals surface area contributed by atoms with Gasteiger partial charge in [-0.25, -0.2) is 4.98 Å². The van der Waals surface area contributed by atoms with Crippen LogP contribution in [0.4, 0.5) is 0 Å². The molecule has 1 unspecified atom stereocenters. The maximum absolute atomic E-state index is 12.6. The number of fused-ring (bicyclic) bond motifs is 1. The average molecular weight is 359 g/mol. The second-order valence-electron chi connectivity index (χ2n) is 6.07. The predicted octanol–water partition coefficient (Wildman–Crippen LogP) is 2.39. The minimum atomic E-state index is -0.423. The van der Waals surface area contributed by atoms with E-state index in [1.54, 1.807) is 0 Å². The van der Waals surface area contributed by atoms with E-state index in [1.165, 1.54) is 21.9 Å². The summed E-state index contributed by atoms with van der Waals surface area (Å²) in [6.45, 7) is 10.4. The highest BCUT2D eigenvalue weighted by Crippen LogP contribution is 2.21. The first-order chi connectivity index (χ1) is 11.8. The normalized spacial score (nSPS) is 12.5. The molecule has 0 saturated carbocycles. The largest absolute Gasteiger partial charge is 0.345 e. The Kier molecular flexibility index (Phi) is 4.47. The minimum absolute atomic E-state index is 0.0454. The van der Waals surface area contributed by atoms with Crippen LogP contribution >= 0.6 is 11.3 Å². The number of hydrogen-bond donors (Lipinski definition) is 1. The zero-order valence-electron chi connectivity index (χ0n) is 15.0. The van der Waals surface area contributed by atoms with Crippen molar-refractivity contribution in [3.05, 3.63) is 50.1 Å². The molecule has 3 rings (SSSR count). The third kappa shape index (κ3) is 2.86. The first-order valence-corrected chi connectivity index (χ1v) is 9.03. The molecule has 25 heavy (non-hydrogen) atoms. The summed E-state index contributed by atoms with van der Waals surface area (Å²) in [6, 6.07) is -0.253. The molecule has 0 aliphatic rings. The molecule has 0 spiro atoms. The summed E-state index contributed by atoms with van der Waals surface area (Å²) in [7, 11) is 0. The Hall–Kier alpha value is -2.48. The van der Waals surface area contributed by atoms with Gasteiger partial charge < -0.3 is 5.32 Å². The molecule has 0 bridgehead atoms. The van der Waals surface area contributed by atoms with Crippen LogP contribution in [-0.4, -0.2) is 25.1 Å². The second kappa shape index (κ2) is 6.44. The second-order valence-corrected chi connectivity index (χ2v) is 6.90. The van der Waals surface area contributed by atoms with E-state index >= 15 is 0 Å². The summed E-state index contributed by atoms with van der Waals surface area (Å²) in [5, 5.41) is 9.24. The first kappa shape index (κ1) is 17.3. The molecule has 0 radical (unpaired) electrons. The third-order valence-corrected chi connectivity index (χ3v) is 5.34. The lowest BCUT2D eigenvalue weighted by Crippen LogP contribution is -2.33. The fourth-order valence-corrected chi connectivity index (χ4v) is 4.00. The number of nitrogens with zero attached hydrogens (tertiary/aromatic N) is 4. The van der Waals surface area contributed by atoms with Crippen molar-refractivity contribution in [3.63, 3.8) is 0 Å². The Labute approximate surface area is 149 Å². The van der Waals surface area contributed by atoms with Crippen molar-refractivity contribution in [1.29, 1.82) is 0 Å². The van der Waals surface area contributed by atoms with E-state index in [0.717, 1.165) is 29.2 Å². The van der Waals surface area contributed by atoms with Crippen molar-refractivity contribution in [3.8, 4) is 0 Å². The van der Waals surface area contributed by atoms with E-state index < -0.39 is 5.91 Å². The van der Waals surface area contributed by atoms with Crippen molar-refractivity contribution in [2.45, 2.75) is 47.2 Å². The van der Waals surface area contributed by atoms with Gasteiger partial charge in [-0.15, -0.1) is 11.3 Å². The van der Waals surface area contributed by atoms with Crippen LogP contribution in [0.1, 0.15) is 52.9 Å². The molecular formula is C17H21N5O2S. The highest BCUT2D eigenvalue weighted by molar-refractivity contribution is 7.15. The van der Waals surface area contributed by atoms with E-state index in [2.05, 4.69) is 15.4 Å². The number of thiazole rings is 1. The predicted molar refractivity (Wildman–Crippen MR) is 97.3 cm³/mol. The van der Waals surface area contributed by atoms with E-state index in [0.29, 0.717) is 4.96 Å². The molecule has 0 aromatic carbocycles. The van der Waals surface area contributed by atoms with Gasteiger partial charge >= 0.3 is 0 Å². The van der Waals surface area contributed by atoms with Crippen LogP contribution in [0, 0.1) is 20.8 Å². The molecule has 3 heterocycles. The molecule has 132 valence electrons. The smallest absolute Gasteiger partial charge is 0.271 e. The Morgan fingerprint density at radius 2 is 2.08 bits per heavy atom. The zero-order valence-corrected chi connectivity index (χ0v) is 15.8. The summed E-state index contributed by atoms with van der Waals surface area (Å²) < 4.78 is 3.38. The van der Waals surface area contributed by atoms with Crippen LogP contribution in [0.2, 0.25) is 0 Å². The van der Waals surface area contributed by atoms with E-state index in [9.17, 15) is 9.59 Å². The van der Waals surface area contributed by atoms with Gasteiger partial charge in [0.05, 0.1) is 11.7 Å². The maximum Gasteiger partial charge on any atom is 0.271 e. The van der Waals surface area contributed by atoms with Gasteiger partial charge in [-0.2, -0.15) is 5.10 Å². The van der Waals surface area contributed by atoms with E-state index in [-0.39, 0.29) is 17.2 Å². The molecule has 0 fully saturated rings. The van der Waals surface area contributed by atoms with Crippen LogP contribution in [-0.2, 0) is 6.54 Å². The van der Waals surface area contributed by atoms with Crippen molar-refractivity contribution >= 4 is 22.2 Å². The quantitative estimate of drug-likeness (QED) is 0.775. The lowest BCUT2D eigenvalue weighted by Gasteiger charge is -2.15. The molecular weight excluding hydrogens is 338 g/mol. The van der Waals surface area contributed by atoms with Crippen molar-refractivity contribution in [2.24, 2.45) is 0 Å². The third-order valence-electron chi connectivity index (χ3n) is 4.38. The summed E-state index contributed by atoms with van der Waals surface area (Å²) >= 11 is 1.38. The minimum Gasteiger partial charge on any atom is -0.345 e. The zero-order chi connectivity index (χ0) is 18.3. The summed E-state index contributed by atoms with van der Waals surface area (Å²) in [5.41, 5.74) is 3.36. The molecule has 1 atom stereocenters.